The molecule has 6 atom stereocenters. The van der Waals surface area contributed by atoms with Crippen molar-refractivity contribution < 1.29 is 29.4 Å². The largest absolute Gasteiger partial charge is 0.481 e. The molecule has 0 unspecified atom stereocenters. The van der Waals surface area contributed by atoms with Crippen molar-refractivity contribution in [3.8, 4) is 0 Å². The summed E-state index contributed by atoms with van der Waals surface area (Å²) in [5.74, 6) is -7.33. The molecule has 258 valence electrons. The number of carbonyl (C=O) groups is 4. The zero-order valence-corrected chi connectivity index (χ0v) is 29.8. The number of carboxylic acids is 2. The van der Waals surface area contributed by atoms with Crippen LogP contribution in [-0.4, -0.2) is 56.1 Å². The zero-order valence-electron chi connectivity index (χ0n) is 25.2. The number of amides is 2. The van der Waals surface area contributed by atoms with Crippen molar-refractivity contribution in [2.24, 2.45) is 11.8 Å². The van der Waals surface area contributed by atoms with Crippen molar-refractivity contribution in [2.75, 3.05) is 10.6 Å². The van der Waals surface area contributed by atoms with E-state index in [1.165, 1.54) is 58.5 Å². The number of fused-ring (bicyclic) bond motifs is 1. The molecule has 2 fully saturated rings. The van der Waals surface area contributed by atoms with Crippen molar-refractivity contribution in [3.63, 3.8) is 0 Å². The number of aliphatic carboxylic acids is 2. The highest BCUT2D eigenvalue weighted by molar-refractivity contribution is 6.42. The lowest BCUT2D eigenvalue weighted by atomic mass is 9.81. The van der Waals surface area contributed by atoms with Gasteiger partial charge in [-0.15, -0.1) is 0 Å². The monoisotopic (exact) mass is 794 g/mol. The molecule has 0 spiro atoms. The number of anilines is 2. The van der Waals surface area contributed by atoms with Crippen LogP contribution in [0.25, 0.3) is 0 Å². The van der Waals surface area contributed by atoms with E-state index in [1.54, 1.807) is 36.4 Å². The molecule has 16 heteroatoms. The van der Waals surface area contributed by atoms with Gasteiger partial charge in [0.15, 0.2) is 0 Å². The Labute approximate surface area is 315 Å². The van der Waals surface area contributed by atoms with Gasteiger partial charge in [0, 0.05) is 21.4 Å². The highest BCUT2D eigenvalue weighted by Crippen LogP contribution is 2.55. The highest BCUT2D eigenvalue weighted by atomic mass is 35.5. The van der Waals surface area contributed by atoms with E-state index in [9.17, 15) is 29.4 Å². The third-order valence-corrected chi connectivity index (χ3v) is 10.7. The van der Waals surface area contributed by atoms with Crippen LogP contribution in [0.1, 0.15) is 23.2 Å². The fraction of sp³-hybridized carbons (Fsp3) is 0.176. The quantitative estimate of drug-likeness (QED) is 0.140. The van der Waals surface area contributed by atoms with Gasteiger partial charge in [-0.05, 0) is 71.8 Å². The number of benzene rings is 4. The van der Waals surface area contributed by atoms with Gasteiger partial charge in [0.25, 0.3) is 0 Å². The molecule has 0 radical (unpaired) electrons. The average molecular weight is 797 g/mol. The summed E-state index contributed by atoms with van der Waals surface area (Å²) in [7, 11) is 0. The molecule has 0 saturated carbocycles. The van der Waals surface area contributed by atoms with Gasteiger partial charge in [-0.1, -0.05) is 93.9 Å². The summed E-state index contributed by atoms with van der Waals surface area (Å²) in [6.07, 6.45) is 0. The number of halogens is 6. The van der Waals surface area contributed by atoms with Gasteiger partial charge in [-0.2, -0.15) is 0 Å². The van der Waals surface area contributed by atoms with Crippen molar-refractivity contribution in [3.05, 3.63) is 126 Å². The van der Waals surface area contributed by atoms with E-state index in [2.05, 4.69) is 10.6 Å². The maximum Gasteiger partial charge on any atom is 0.323 e. The number of rotatable bonds is 8. The Balaban J connectivity index is 1.56. The van der Waals surface area contributed by atoms with Crippen LogP contribution in [0.4, 0.5) is 11.4 Å². The maximum absolute atomic E-state index is 14.4. The minimum Gasteiger partial charge on any atom is -0.481 e. The van der Waals surface area contributed by atoms with Crippen molar-refractivity contribution >= 4 is 105 Å². The minimum atomic E-state index is -1.68. The smallest absolute Gasteiger partial charge is 0.323 e. The molecule has 2 saturated heterocycles. The first-order valence-electron chi connectivity index (χ1n) is 14.8. The molecule has 4 N–H and O–H groups in total. The van der Waals surface area contributed by atoms with Crippen molar-refractivity contribution in [1.29, 1.82) is 0 Å². The summed E-state index contributed by atoms with van der Waals surface area (Å²) < 4.78 is 0. The lowest BCUT2D eigenvalue weighted by Crippen LogP contribution is -2.48. The van der Waals surface area contributed by atoms with E-state index in [1.807, 2.05) is 0 Å². The summed E-state index contributed by atoms with van der Waals surface area (Å²) in [5, 5.41) is 31.3. The van der Waals surface area contributed by atoms with Gasteiger partial charge in [-0.25, -0.2) is 10.0 Å². The summed E-state index contributed by atoms with van der Waals surface area (Å²) in [6, 6.07) is 15.5. The van der Waals surface area contributed by atoms with E-state index in [-0.39, 0.29) is 31.5 Å². The molecular formula is C34H24Cl6N4O6. The summed E-state index contributed by atoms with van der Waals surface area (Å²) in [6.45, 7) is 0. The van der Waals surface area contributed by atoms with Crippen LogP contribution in [0.2, 0.25) is 30.1 Å². The number of carboxylic acid groups (broad SMARTS) is 2. The second kappa shape index (κ2) is 14.6. The number of carbonyl (C=O) groups excluding carboxylic acids is 2. The molecule has 0 aromatic heterocycles. The number of nitrogens with zero attached hydrogens (tertiary/aromatic N) is 2. The van der Waals surface area contributed by atoms with Crippen LogP contribution in [0.5, 0.6) is 0 Å². The molecule has 50 heavy (non-hydrogen) atoms. The zero-order chi connectivity index (χ0) is 36.0. The Hall–Kier alpha value is -3.58. The lowest BCUT2D eigenvalue weighted by Gasteiger charge is -2.33. The second-order valence-corrected chi connectivity index (χ2v) is 14.1. The Morgan fingerprint density at radius 1 is 0.500 bits per heavy atom. The number of hydrogen-bond acceptors (Lipinski definition) is 6. The first-order chi connectivity index (χ1) is 23.8. The first kappa shape index (κ1) is 36.2. The fourth-order valence-electron chi connectivity index (χ4n) is 6.66. The van der Waals surface area contributed by atoms with E-state index in [0.29, 0.717) is 21.2 Å². The van der Waals surface area contributed by atoms with Crippen LogP contribution in [0.3, 0.4) is 0 Å². The Morgan fingerprint density at radius 2 is 0.920 bits per heavy atom. The molecule has 2 aliphatic heterocycles. The maximum atomic E-state index is 14.4. The van der Waals surface area contributed by atoms with Crippen LogP contribution in [-0.2, 0) is 19.2 Å². The molecule has 2 aliphatic rings. The average Bonchev–Trinajstić information content (AvgIpc) is 3.59. The lowest BCUT2D eigenvalue weighted by molar-refractivity contribution is -0.151. The van der Waals surface area contributed by atoms with Gasteiger partial charge in [-0.3, -0.25) is 19.2 Å². The summed E-state index contributed by atoms with van der Waals surface area (Å²) in [5.41, 5.74) is 1.19. The Morgan fingerprint density at radius 3 is 1.34 bits per heavy atom. The highest BCUT2D eigenvalue weighted by Gasteiger charge is 2.67. The summed E-state index contributed by atoms with van der Waals surface area (Å²) in [4.78, 5) is 55.4. The van der Waals surface area contributed by atoms with Crippen molar-refractivity contribution in [1.82, 2.24) is 10.0 Å². The Kier molecular flexibility index (Phi) is 10.6. The van der Waals surface area contributed by atoms with Crippen LogP contribution in [0, 0.1) is 11.8 Å². The predicted molar refractivity (Wildman–Crippen MR) is 192 cm³/mol. The molecule has 2 amide bonds. The van der Waals surface area contributed by atoms with E-state index in [0.717, 1.165) is 0 Å². The number of hydrogen-bond donors (Lipinski definition) is 4. The van der Waals surface area contributed by atoms with Gasteiger partial charge in [0.05, 0.1) is 38.1 Å². The SMILES string of the molecule is O=C(Nc1ccc(Cl)c(Cl)c1)[C@@H]1[C@@H](C(=O)O)N2[C@H](c3ccc(Cl)cc3)[C@H](C(=O)O)[C@H](C(=O)Nc3ccc(Cl)c(Cl)c3)N2[C@@H]1c1ccc(Cl)cc1. The van der Waals surface area contributed by atoms with Gasteiger partial charge in [0.1, 0.15) is 18.0 Å². The van der Waals surface area contributed by atoms with E-state index < -0.39 is 59.8 Å². The van der Waals surface area contributed by atoms with Crippen molar-refractivity contribution in [2.45, 2.75) is 24.2 Å². The third kappa shape index (κ3) is 6.87. The molecule has 0 aliphatic carbocycles. The number of hydrazine groups is 1. The standard InChI is InChI=1S/C34H24Cl6N4O6/c35-17-5-1-15(2-6-17)27-25(31(45)41-19-9-11-21(37)23(39)13-19)30(34(49)50)44-28(16-3-7-18(36)8-4-16)26(33(47)48)29(43(27)44)32(46)42-20-10-12-22(38)24(40)14-20/h1-14,25-30H,(H,41,45)(H,42,46)(H,47,48)(H,49,50)/t25-,26-,27+,28+,29+,30-/m0/s1. The molecule has 6 rings (SSSR count). The molecule has 10 nitrogen and oxygen atoms in total. The first-order valence-corrected chi connectivity index (χ1v) is 17.1. The minimum absolute atomic E-state index is 0.136. The molecule has 4 aromatic rings. The van der Waals surface area contributed by atoms with Crippen LogP contribution in [0.15, 0.2) is 84.9 Å². The van der Waals surface area contributed by atoms with E-state index >= 15 is 0 Å². The van der Waals surface area contributed by atoms with Gasteiger partial charge >= 0.3 is 11.9 Å². The topological polar surface area (TPSA) is 139 Å². The second-order valence-electron chi connectivity index (χ2n) is 11.6. The van der Waals surface area contributed by atoms with Crippen LogP contribution < -0.4 is 10.6 Å². The normalized spacial score (nSPS) is 23.3. The number of nitrogens with one attached hydrogen (secondary N) is 2. The van der Waals surface area contributed by atoms with Crippen LogP contribution >= 0.6 is 69.6 Å². The predicted octanol–water partition coefficient (Wildman–Crippen LogP) is 8.35. The molecule has 2 heterocycles. The van der Waals surface area contributed by atoms with Gasteiger partial charge in [0.2, 0.25) is 11.8 Å². The van der Waals surface area contributed by atoms with Gasteiger partial charge < -0.3 is 20.8 Å². The summed E-state index contributed by atoms with van der Waals surface area (Å²) >= 11 is 37.0. The molecule has 4 aromatic carbocycles. The fourth-order valence-corrected chi connectivity index (χ4v) is 7.51. The third-order valence-electron chi connectivity index (χ3n) is 8.67. The van der Waals surface area contributed by atoms with E-state index in [4.69, 9.17) is 69.6 Å². The molecule has 0 bridgehead atoms. The molecular weight excluding hydrogens is 773 g/mol. The Bertz CT molecular complexity index is 2000.